The van der Waals surface area contributed by atoms with Crippen LogP contribution in [0.4, 0.5) is 0 Å². The molecular formula is C30H55NO4. The van der Waals surface area contributed by atoms with Crippen LogP contribution >= 0.6 is 0 Å². The number of ether oxygens (including phenoxy) is 2. The number of nitrogens with zero attached hydrogens (tertiary/aromatic N) is 1. The van der Waals surface area contributed by atoms with Gasteiger partial charge in [-0.1, -0.05) is 129 Å². The fourth-order valence-electron chi connectivity index (χ4n) is 4.70. The third kappa shape index (κ3) is 19.5. The first-order valence-corrected chi connectivity index (χ1v) is 14.9. The summed E-state index contributed by atoms with van der Waals surface area (Å²) in [6, 6.07) is 0. The van der Waals surface area contributed by atoms with Gasteiger partial charge in [0.2, 0.25) is 0 Å². The van der Waals surface area contributed by atoms with Crippen molar-refractivity contribution < 1.29 is 19.1 Å². The molecule has 0 aromatic carbocycles. The molecule has 0 aliphatic carbocycles. The Bertz CT molecular complexity index is 548. The molecule has 0 amide bonds. The second kappa shape index (κ2) is 23.1. The number of esters is 2. The highest BCUT2D eigenvalue weighted by atomic mass is 16.5. The molecule has 0 radical (unpaired) electrons. The molecule has 35 heavy (non-hydrogen) atoms. The maximum atomic E-state index is 11.8. The lowest BCUT2D eigenvalue weighted by Crippen LogP contribution is -2.32. The van der Waals surface area contributed by atoms with E-state index >= 15 is 0 Å². The molecule has 0 spiro atoms. The van der Waals surface area contributed by atoms with Crippen LogP contribution in [-0.2, 0) is 19.1 Å². The van der Waals surface area contributed by atoms with Crippen molar-refractivity contribution in [2.45, 2.75) is 135 Å². The second-order valence-corrected chi connectivity index (χ2v) is 10.3. The number of unbranched alkanes of at least 4 members (excludes halogenated alkanes) is 18. The van der Waals surface area contributed by atoms with Gasteiger partial charge < -0.3 is 9.47 Å². The number of carbonyl (C=O) groups excluding carboxylic acids is 2. The smallest absolute Gasteiger partial charge is 0.334 e. The summed E-state index contributed by atoms with van der Waals surface area (Å²) in [5.74, 6) is -0.899. The maximum Gasteiger partial charge on any atom is 0.334 e. The van der Waals surface area contributed by atoms with Crippen LogP contribution in [0.2, 0.25) is 0 Å². The van der Waals surface area contributed by atoms with Crippen molar-refractivity contribution in [2.75, 3.05) is 32.8 Å². The fraction of sp³-hybridized carbons (Fsp3) is 0.867. The molecule has 0 atom stereocenters. The SMILES string of the molecule is C=C1CC(=O)OCCN(CCCCCCCCCCCCCCCCCCCCC)CCOC1=O. The lowest BCUT2D eigenvalue weighted by molar-refractivity contribution is -0.145. The van der Waals surface area contributed by atoms with Crippen LogP contribution in [0, 0.1) is 0 Å². The van der Waals surface area contributed by atoms with Crippen molar-refractivity contribution in [2.24, 2.45) is 0 Å². The molecule has 5 heteroatoms. The van der Waals surface area contributed by atoms with Crippen molar-refractivity contribution in [3.8, 4) is 0 Å². The van der Waals surface area contributed by atoms with E-state index in [0.29, 0.717) is 26.3 Å². The molecule has 0 saturated carbocycles. The Labute approximate surface area is 216 Å². The van der Waals surface area contributed by atoms with Gasteiger partial charge in [0.05, 0.1) is 6.42 Å². The van der Waals surface area contributed by atoms with Crippen molar-refractivity contribution in [1.29, 1.82) is 0 Å². The van der Waals surface area contributed by atoms with Gasteiger partial charge in [0.15, 0.2) is 0 Å². The highest BCUT2D eigenvalue weighted by molar-refractivity contribution is 5.93. The van der Waals surface area contributed by atoms with Gasteiger partial charge in [0.25, 0.3) is 0 Å². The van der Waals surface area contributed by atoms with Crippen molar-refractivity contribution in [1.82, 2.24) is 4.90 Å². The molecule has 204 valence electrons. The van der Waals surface area contributed by atoms with Gasteiger partial charge in [0, 0.05) is 18.7 Å². The summed E-state index contributed by atoms with van der Waals surface area (Å²) in [6.45, 7) is 8.91. The van der Waals surface area contributed by atoms with Gasteiger partial charge in [-0.25, -0.2) is 4.79 Å². The van der Waals surface area contributed by atoms with Crippen molar-refractivity contribution >= 4 is 11.9 Å². The molecule has 1 heterocycles. The van der Waals surface area contributed by atoms with Gasteiger partial charge >= 0.3 is 11.9 Å². The van der Waals surface area contributed by atoms with E-state index in [1.165, 1.54) is 116 Å². The van der Waals surface area contributed by atoms with E-state index in [2.05, 4.69) is 18.4 Å². The Hall–Kier alpha value is -1.36. The number of hydrogen-bond acceptors (Lipinski definition) is 5. The van der Waals surface area contributed by atoms with Crippen molar-refractivity contribution in [3.63, 3.8) is 0 Å². The summed E-state index contributed by atoms with van der Waals surface area (Å²) in [4.78, 5) is 25.7. The Morgan fingerprint density at radius 1 is 0.629 bits per heavy atom. The zero-order valence-corrected chi connectivity index (χ0v) is 23.0. The maximum absolute atomic E-state index is 11.8. The summed E-state index contributed by atoms with van der Waals surface area (Å²) in [5.41, 5.74) is 0.169. The Balaban J connectivity index is 1.88. The summed E-state index contributed by atoms with van der Waals surface area (Å²) >= 11 is 0. The largest absolute Gasteiger partial charge is 0.464 e. The molecule has 1 saturated heterocycles. The van der Waals surface area contributed by atoms with E-state index in [0.717, 1.165) is 13.0 Å². The van der Waals surface area contributed by atoms with Crippen LogP contribution < -0.4 is 0 Å². The number of hydrogen-bond donors (Lipinski definition) is 0. The zero-order chi connectivity index (χ0) is 25.4. The van der Waals surface area contributed by atoms with Crippen molar-refractivity contribution in [3.05, 3.63) is 12.2 Å². The Morgan fingerprint density at radius 3 is 1.49 bits per heavy atom. The standard InChI is InChI=1S/C30H55NO4/c1-3-4-5-6-7-8-9-10-11-12-13-14-15-16-17-18-19-20-21-22-31-23-25-34-29(32)27-28(2)30(33)35-26-24-31/h2-27H2,1H3. The van der Waals surface area contributed by atoms with Gasteiger partial charge in [-0.05, 0) is 13.0 Å². The topological polar surface area (TPSA) is 55.8 Å². The van der Waals surface area contributed by atoms with E-state index in [9.17, 15) is 9.59 Å². The molecule has 1 fully saturated rings. The highest BCUT2D eigenvalue weighted by Crippen LogP contribution is 2.15. The van der Waals surface area contributed by atoms with Crippen LogP contribution in [-0.4, -0.2) is 49.7 Å². The lowest BCUT2D eigenvalue weighted by Gasteiger charge is -2.21. The second-order valence-electron chi connectivity index (χ2n) is 10.3. The molecule has 0 aromatic heterocycles. The van der Waals surface area contributed by atoms with Crippen LogP contribution in [0.25, 0.3) is 0 Å². The number of carbonyl (C=O) groups is 2. The molecule has 5 nitrogen and oxygen atoms in total. The minimum Gasteiger partial charge on any atom is -0.464 e. The molecule has 0 N–H and O–H groups in total. The Kier molecular flexibility index (Phi) is 20.9. The quantitative estimate of drug-likeness (QED) is 0.0985. The van der Waals surface area contributed by atoms with E-state index in [4.69, 9.17) is 9.47 Å². The van der Waals surface area contributed by atoms with Crippen LogP contribution in [0.1, 0.15) is 135 Å². The van der Waals surface area contributed by atoms with Gasteiger partial charge in [0.1, 0.15) is 13.2 Å². The van der Waals surface area contributed by atoms with E-state index in [1.54, 1.807) is 0 Å². The van der Waals surface area contributed by atoms with Gasteiger partial charge in [-0.2, -0.15) is 0 Å². The summed E-state index contributed by atoms with van der Waals surface area (Å²) in [5, 5.41) is 0. The van der Waals surface area contributed by atoms with E-state index < -0.39 is 11.9 Å². The molecule has 0 aromatic rings. The highest BCUT2D eigenvalue weighted by Gasteiger charge is 2.17. The first-order valence-electron chi connectivity index (χ1n) is 14.9. The summed E-state index contributed by atoms with van der Waals surface area (Å²) in [6.07, 6.45) is 26.2. The molecule has 1 rings (SSSR count). The first kappa shape index (κ1) is 31.7. The fourth-order valence-corrected chi connectivity index (χ4v) is 4.70. The number of rotatable bonds is 20. The molecule has 1 aliphatic heterocycles. The van der Waals surface area contributed by atoms with Gasteiger partial charge in [-0.3, -0.25) is 9.69 Å². The van der Waals surface area contributed by atoms with Crippen LogP contribution in [0.5, 0.6) is 0 Å². The predicted molar refractivity (Wildman–Crippen MR) is 146 cm³/mol. The average molecular weight is 494 g/mol. The molecule has 0 unspecified atom stereocenters. The third-order valence-corrected chi connectivity index (χ3v) is 7.04. The molecular weight excluding hydrogens is 438 g/mol. The normalized spacial score (nSPS) is 16.1. The van der Waals surface area contributed by atoms with Crippen LogP contribution in [0.15, 0.2) is 12.2 Å². The summed E-state index contributed by atoms with van der Waals surface area (Å²) < 4.78 is 10.4. The van der Waals surface area contributed by atoms with E-state index in [1.807, 2.05) is 0 Å². The first-order chi connectivity index (χ1) is 17.1. The van der Waals surface area contributed by atoms with Gasteiger partial charge in [-0.15, -0.1) is 0 Å². The summed E-state index contributed by atoms with van der Waals surface area (Å²) in [7, 11) is 0. The van der Waals surface area contributed by atoms with Crippen LogP contribution in [0.3, 0.4) is 0 Å². The monoisotopic (exact) mass is 493 g/mol. The number of cyclic esters (lactones) is 2. The zero-order valence-electron chi connectivity index (χ0n) is 23.0. The Morgan fingerprint density at radius 2 is 1.03 bits per heavy atom. The average Bonchev–Trinajstić information content (AvgIpc) is 2.86. The predicted octanol–water partition coefficient (Wildman–Crippen LogP) is 7.77. The molecule has 0 bridgehead atoms. The minimum atomic E-state index is -0.493. The molecule has 1 aliphatic rings. The lowest BCUT2D eigenvalue weighted by atomic mass is 10.0. The van der Waals surface area contributed by atoms with E-state index in [-0.39, 0.29) is 12.0 Å². The third-order valence-electron chi connectivity index (χ3n) is 7.04. The minimum absolute atomic E-state index is 0.0852.